The first-order valence-corrected chi connectivity index (χ1v) is 10.5. The lowest BCUT2D eigenvalue weighted by Gasteiger charge is -2.20. The second kappa shape index (κ2) is 11.8. The number of aromatic carboxylic acids is 1. The maximum atomic E-state index is 14.3. The second-order valence-electron chi connectivity index (χ2n) is 7.87. The van der Waals surface area contributed by atoms with Crippen molar-refractivity contribution in [3.05, 3.63) is 69.8 Å². The maximum Gasteiger partial charge on any atom is 0.416 e. The van der Waals surface area contributed by atoms with E-state index in [0.29, 0.717) is 0 Å². The molecular weight excluding hydrogens is 478 g/mol. The molecule has 0 aliphatic rings. The third kappa shape index (κ3) is 7.53. The van der Waals surface area contributed by atoms with E-state index >= 15 is 0 Å². The molecule has 0 saturated carbocycles. The molecule has 10 heteroatoms. The smallest absolute Gasteiger partial charge is 0.416 e. The van der Waals surface area contributed by atoms with Crippen molar-refractivity contribution < 1.29 is 46.1 Å². The van der Waals surface area contributed by atoms with Gasteiger partial charge in [-0.05, 0) is 49.6 Å². The Bertz CT molecular complexity index is 1090. The summed E-state index contributed by atoms with van der Waals surface area (Å²) in [5.41, 5.74) is -0.657. The van der Waals surface area contributed by atoms with Crippen LogP contribution in [0.1, 0.15) is 52.9 Å². The third-order valence-corrected chi connectivity index (χ3v) is 4.93. The van der Waals surface area contributed by atoms with Gasteiger partial charge in [0.15, 0.2) is 6.17 Å². The van der Waals surface area contributed by atoms with Crippen molar-refractivity contribution in [2.75, 3.05) is 6.67 Å². The van der Waals surface area contributed by atoms with Crippen molar-refractivity contribution >= 4 is 18.1 Å². The van der Waals surface area contributed by atoms with E-state index in [1.165, 1.54) is 12.2 Å². The minimum absolute atomic E-state index is 0.0700. The number of hydrogen-bond acceptors (Lipinski definition) is 3. The molecule has 0 aliphatic heterocycles. The summed E-state index contributed by atoms with van der Waals surface area (Å²) < 4.78 is 83.8. The molecule has 0 aliphatic carbocycles. The fraction of sp³-hybridized carbons (Fsp3) is 0.320. The zero-order valence-electron chi connectivity index (χ0n) is 18.9. The summed E-state index contributed by atoms with van der Waals surface area (Å²) in [5.74, 6) is -2.63. The molecule has 2 rings (SSSR count). The highest BCUT2D eigenvalue weighted by Crippen LogP contribution is 2.38. The fourth-order valence-electron chi connectivity index (χ4n) is 3.07. The molecule has 0 amide bonds. The fourth-order valence-corrected chi connectivity index (χ4v) is 3.07. The summed E-state index contributed by atoms with van der Waals surface area (Å²) in [6.45, 7) is 2.33. The van der Waals surface area contributed by atoms with Crippen LogP contribution in [0.15, 0.2) is 42.0 Å². The van der Waals surface area contributed by atoms with Crippen molar-refractivity contribution in [3.8, 4) is 11.5 Å². The largest absolute Gasteiger partial charge is 0.507 e. The number of phenols is 1. The van der Waals surface area contributed by atoms with Gasteiger partial charge in [0.25, 0.3) is 6.36 Å². The predicted molar refractivity (Wildman–Crippen MR) is 120 cm³/mol. The van der Waals surface area contributed by atoms with Crippen molar-refractivity contribution in [3.63, 3.8) is 0 Å². The molecule has 0 heterocycles. The number of carbonyl (C=O) groups is 1. The zero-order valence-corrected chi connectivity index (χ0v) is 18.9. The van der Waals surface area contributed by atoms with Gasteiger partial charge in [-0.15, -0.1) is 0 Å². The molecule has 2 aromatic carbocycles. The van der Waals surface area contributed by atoms with Crippen LogP contribution in [0.25, 0.3) is 12.2 Å². The summed E-state index contributed by atoms with van der Waals surface area (Å²) in [6, 6.07) is 5.07. The zero-order chi connectivity index (χ0) is 26.3. The lowest BCUT2D eigenvalue weighted by Crippen LogP contribution is -2.25. The summed E-state index contributed by atoms with van der Waals surface area (Å²) in [4.78, 5) is 11.9. The molecule has 0 bridgehead atoms. The van der Waals surface area contributed by atoms with Gasteiger partial charge in [-0.25, -0.2) is 9.18 Å². The minimum atomic E-state index is -4.53. The van der Waals surface area contributed by atoms with Crippen molar-refractivity contribution in [1.82, 2.24) is 0 Å². The summed E-state index contributed by atoms with van der Waals surface area (Å²) in [5, 5.41) is 20.3. The number of allylic oxidation sites excluding steroid dienone is 2. The van der Waals surface area contributed by atoms with Crippen LogP contribution in [0.4, 0.5) is 26.3 Å². The van der Waals surface area contributed by atoms with Crippen LogP contribution in [-0.2, 0) is 12.6 Å². The highest BCUT2D eigenvalue weighted by molar-refractivity contribution is 5.97. The first-order valence-electron chi connectivity index (χ1n) is 10.5. The number of carboxylic acid groups (broad SMARTS) is 1. The van der Waals surface area contributed by atoms with E-state index in [1.807, 2.05) is 0 Å². The Kier molecular flexibility index (Phi) is 9.39. The van der Waals surface area contributed by atoms with Crippen LogP contribution >= 0.6 is 0 Å². The summed E-state index contributed by atoms with van der Waals surface area (Å²) in [7, 11) is 0. The molecule has 2 N–H and O–H groups in total. The lowest BCUT2D eigenvalue weighted by molar-refractivity contribution is -0.137. The molecule has 2 atom stereocenters. The van der Waals surface area contributed by atoms with E-state index in [0.717, 1.165) is 35.9 Å². The van der Waals surface area contributed by atoms with Crippen LogP contribution in [0.5, 0.6) is 11.5 Å². The molecule has 2 unspecified atom stereocenters. The molecule has 0 saturated heterocycles. The lowest BCUT2D eigenvalue weighted by atomic mass is 9.97. The van der Waals surface area contributed by atoms with Gasteiger partial charge >= 0.3 is 12.1 Å². The number of ether oxygens (including phenoxy) is 1. The minimum Gasteiger partial charge on any atom is -0.507 e. The van der Waals surface area contributed by atoms with E-state index in [9.17, 15) is 41.4 Å². The van der Waals surface area contributed by atoms with Gasteiger partial charge in [0.2, 0.25) is 0 Å². The van der Waals surface area contributed by atoms with Crippen LogP contribution in [0.2, 0.25) is 0 Å². The highest BCUT2D eigenvalue weighted by atomic mass is 19.4. The third-order valence-electron chi connectivity index (χ3n) is 4.93. The Balaban J connectivity index is 2.56. The van der Waals surface area contributed by atoms with Gasteiger partial charge in [0, 0.05) is 12.0 Å². The van der Waals surface area contributed by atoms with Crippen LogP contribution < -0.4 is 4.74 Å². The van der Waals surface area contributed by atoms with E-state index in [4.69, 9.17) is 4.74 Å². The second-order valence-corrected chi connectivity index (χ2v) is 7.87. The quantitative estimate of drug-likeness (QED) is 0.206. The normalized spacial score (nSPS) is 13.5. The Morgan fingerprint density at radius 1 is 1.11 bits per heavy atom. The van der Waals surface area contributed by atoms with Crippen molar-refractivity contribution in [1.29, 1.82) is 0 Å². The topological polar surface area (TPSA) is 66.8 Å². The van der Waals surface area contributed by atoms with E-state index < -0.39 is 54.6 Å². The molecule has 0 aromatic heterocycles. The van der Waals surface area contributed by atoms with E-state index in [-0.39, 0.29) is 28.9 Å². The summed E-state index contributed by atoms with van der Waals surface area (Å²) in [6.07, 6.45) is -6.17. The van der Waals surface area contributed by atoms with Crippen LogP contribution in [0.3, 0.4) is 0 Å². The Labute approximate surface area is 198 Å². The number of halogens is 6. The van der Waals surface area contributed by atoms with Crippen molar-refractivity contribution in [2.45, 2.75) is 45.4 Å². The molecule has 0 radical (unpaired) electrons. The number of benzene rings is 2. The average Bonchev–Trinajstić information content (AvgIpc) is 2.76. The number of hydrogen-bond donors (Lipinski definition) is 2. The van der Waals surface area contributed by atoms with E-state index in [1.54, 1.807) is 19.9 Å². The Morgan fingerprint density at radius 3 is 2.26 bits per heavy atom. The average molecular weight is 502 g/mol. The molecule has 2 aromatic rings. The summed E-state index contributed by atoms with van der Waals surface area (Å²) >= 11 is 0. The van der Waals surface area contributed by atoms with Crippen LogP contribution in [0, 0.1) is 0 Å². The van der Waals surface area contributed by atoms with Gasteiger partial charge in [-0.3, -0.25) is 4.39 Å². The van der Waals surface area contributed by atoms with E-state index in [2.05, 4.69) is 0 Å². The first-order chi connectivity index (χ1) is 16.3. The molecule has 190 valence electrons. The highest BCUT2D eigenvalue weighted by Gasteiger charge is 2.30. The molecule has 35 heavy (non-hydrogen) atoms. The number of carboxylic acids is 1. The molecular formula is C25H24F6O4. The maximum absolute atomic E-state index is 14.3. The molecule has 4 nitrogen and oxygen atoms in total. The van der Waals surface area contributed by atoms with Crippen molar-refractivity contribution in [2.24, 2.45) is 0 Å². The number of aromatic hydroxyl groups is 1. The van der Waals surface area contributed by atoms with Gasteiger partial charge in [-0.1, -0.05) is 35.9 Å². The molecule has 0 fully saturated rings. The van der Waals surface area contributed by atoms with Gasteiger partial charge < -0.3 is 14.9 Å². The Hall–Kier alpha value is -3.43. The van der Waals surface area contributed by atoms with Crippen LogP contribution in [-0.4, -0.2) is 35.4 Å². The predicted octanol–water partition coefficient (Wildman–Crippen LogP) is 7.16. The van der Waals surface area contributed by atoms with Gasteiger partial charge in [0.1, 0.15) is 17.1 Å². The number of alkyl halides is 6. The Morgan fingerprint density at radius 2 is 1.74 bits per heavy atom. The van der Waals surface area contributed by atoms with Gasteiger partial charge in [0.05, 0.1) is 12.2 Å². The van der Waals surface area contributed by atoms with Gasteiger partial charge in [-0.2, -0.15) is 17.6 Å². The number of rotatable bonds is 10. The standard InChI is InChI=1S/C25H24F6O4/c1-14(2)3-10-18-20(35-23(28)19(27)11-12-26)13-16(21(22(18)32)24(33)34)7-4-15-5-8-17(9-6-15)25(29,30)31/h3-9,13,19,23,32H,10-12H2,1-2H3,(H,33,34). The molecule has 0 spiro atoms. The monoisotopic (exact) mass is 502 g/mol. The SMILES string of the molecule is CC(C)=CCc1c(OC(F)C(F)CCF)cc(C=Cc2ccc(C(F)(F)F)cc2)c(C(=O)O)c1O. The first kappa shape index (κ1) is 27.8.